The second kappa shape index (κ2) is 7.40. The fourth-order valence-corrected chi connectivity index (χ4v) is 2.70. The van der Waals surface area contributed by atoms with Crippen LogP contribution in [0.1, 0.15) is 30.9 Å². The third-order valence-electron chi connectivity index (χ3n) is 3.97. The van der Waals surface area contributed by atoms with E-state index in [4.69, 9.17) is 4.74 Å². The molecule has 0 aromatic heterocycles. The monoisotopic (exact) mass is 304 g/mol. The van der Waals surface area contributed by atoms with Gasteiger partial charge in [0.1, 0.15) is 0 Å². The second-order valence-corrected chi connectivity index (χ2v) is 5.85. The largest absolute Gasteiger partial charge is 0.376 e. The molecule has 1 aromatic carbocycles. The quantitative estimate of drug-likeness (QED) is 0.908. The molecule has 22 heavy (non-hydrogen) atoms. The van der Waals surface area contributed by atoms with Gasteiger partial charge in [-0.2, -0.15) is 0 Å². The Hall–Kier alpha value is -1.88. The van der Waals surface area contributed by atoms with Crippen LogP contribution in [0.15, 0.2) is 18.2 Å². The molecule has 1 aliphatic rings. The van der Waals surface area contributed by atoms with E-state index in [1.165, 1.54) is 6.92 Å². The highest BCUT2D eigenvalue weighted by atomic mass is 16.5. The van der Waals surface area contributed by atoms with Gasteiger partial charge in [0.2, 0.25) is 11.8 Å². The molecule has 5 nitrogen and oxygen atoms in total. The highest BCUT2D eigenvalue weighted by Gasteiger charge is 2.22. The average Bonchev–Trinajstić information content (AvgIpc) is 2.95. The number of nitrogens with one attached hydrogen (secondary N) is 1. The van der Waals surface area contributed by atoms with Crippen LogP contribution in [-0.4, -0.2) is 42.5 Å². The maximum absolute atomic E-state index is 12.3. The lowest BCUT2D eigenvalue weighted by Crippen LogP contribution is -2.41. The zero-order valence-electron chi connectivity index (χ0n) is 13.5. The number of carbonyl (C=O) groups excluding carboxylic acids is 2. The van der Waals surface area contributed by atoms with Crippen molar-refractivity contribution in [3.63, 3.8) is 0 Å². The van der Waals surface area contributed by atoms with Gasteiger partial charge in [-0.1, -0.05) is 18.2 Å². The first-order valence-electron chi connectivity index (χ1n) is 7.70. The zero-order chi connectivity index (χ0) is 16.1. The van der Waals surface area contributed by atoms with Gasteiger partial charge in [0.15, 0.2) is 0 Å². The highest BCUT2D eigenvalue weighted by Crippen LogP contribution is 2.19. The summed E-state index contributed by atoms with van der Waals surface area (Å²) in [6, 6.07) is 5.87. The first kappa shape index (κ1) is 16.5. The Morgan fingerprint density at radius 3 is 2.55 bits per heavy atom. The topological polar surface area (TPSA) is 58.6 Å². The third-order valence-corrected chi connectivity index (χ3v) is 3.97. The summed E-state index contributed by atoms with van der Waals surface area (Å²) in [5.41, 5.74) is 2.86. The number of benzene rings is 1. The Bertz CT molecular complexity index is 531. The number of hydrogen-bond acceptors (Lipinski definition) is 3. The van der Waals surface area contributed by atoms with E-state index in [2.05, 4.69) is 5.32 Å². The van der Waals surface area contributed by atoms with Gasteiger partial charge in [0, 0.05) is 25.8 Å². The molecular formula is C17H24N2O3. The van der Waals surface area contributed by atoms with Crippen molar-refractivity contribution in [1.29, 1.82) is 0 Å². The lowest BCUT2D eigenvalue weighted by Gasteiger charge is -2.24. The van der Waals surface area contributed by atoms with E-state index >= 15 is 0 Å². The number of ether oxygens (including phenoxy) is 1. The summed E-state index contributed by atoms with van der Waals surface area (Å²) in [5.74, 6) is -0.280. The normalized spacial score (nSPS) is 17.3. The van der Waals surface area contributed by atoms with Crippen LogP contribution >= 0.6 is 0 Å². The molecule has 1 aliphatic heterocycles. The Morgan fingerprint density at radius 1 is 1.32 bits per heavy atom. The molecule has 0 spiro atoms. The zero-order valence-corrected chi connectivity index (χ0v) is 13.5. The first-order chi connectivity index (χ1) is 10.5. The minimum atomic E-state index is -0.175. The van der Waals surface area contributed by atoms with Gasteiger partial charge < -0.3 is 15.0 Å². The Kier molecular flexibility index (Phi) is 5.55. The number of anilines is 1. The Morgan fingerprint density at radius 2 is 2.00 bits per heavy atom. The van der Waals surface area contributed by atoms with E-state index in [1.54, 1.807) is 4.90 Å². The molecule has 5 heteroatoms. The molecule has 0 saturated carbocycles. The van der Waals surface area contributed by atoms with E-state index in [0.717, 1.165) is 36.3 Å². The van der Waals surface area contributed by atoms with Crippen LogP contribution in [0, 0.1) is 13.8 Å². The summed E-state index contributed by atoms with van der Waals surface area (Å²) in [7, 11) is 0. The maximum atomic E-state index is 12.3. The predicted octanol–water partition coefficient (Wildman–Crippen LogP) is 2.27. The molecule has 1 saturated heterocycles. The predicted molar refractivity (Wildman–Crippen MR) is 85.8 cm³/mol. The van der Waals surface area contributed by atoms with Gasteiger partial charge in [0.05, 0.1) is 12.6 Å². The van der Waals surface area contributed by atoms with Crippen molar-refractivity contribution in [3.8, 4) is 0 Å². The molecular weight excluding hydrogens is 280 g/mol. The molecule has 2 amide bonds. The highest BCUT2D eigenvalue weighted by molar-refractivity contribution is 5.95. The molecule has 0 radical (unpaired) electrons. The van der Waals surface area contributed by atoms with Crippen molar-refractivity contribution >= 4 is 17.5 Å². The Labute approximate surface area is 131 Å². The van der Waals surface area contributed by atoms with Gasteiger partial charge in [-0.15, -0.1) is 0 Å². The number of para-hydroxylation sites is 1. The smallest absolute Gasteiger partial charge is 0.244 e. The van der Waals surface area contributed by atoms with Crippen molar-refractivity contribution in [2.24, 2.45) is 0 Å². The first-order valence-corrected chi connectivity index (χ1v) is 7.70. The van der Waals surface area contributed by atoms with Crippen molar-refractivity contribution in [2.45, 2.75) is 39.7 Å². The van der Waals surface area contributed by atoms with Crippen molar-refractivity contribution in [1.82, 2.24) is 4.90 Å². The van der Waals surface area contributed by atoms with E-state index in [1.807, 2.05) is 32.0 Å². The molecule has 1 heterocycles. The number of aryl methyl sites for hydroxylation is 2. The van der Waals surface area contributed by atoms with Crippen LogP contribution in [0.3, 0.4) is 0 Å². The van der Waals surface area contributed by atoms with E-state index in [9.17, 15) is 9.59 Å². The average molecular weight is 304 g/mol. The lowest BCUT2D eigenvalue weighted by molar-refractivity contribution is -0.134. The molecule has 120 valence electrons. The van der Waals surface area contributed by atoms with Crippen molar-refractivity contribution < 1.29 is 14.3 Å². The molecule has 1 atom stereocenters. The second-order valence-electron chi connectivity index (χ2n) is 5.85. The fourth-order valence-electron chi connectivity index (χ4n) is 2.70. The number of amides is 2. The fraction of sp³-hybridized carbons (Fsp3) is 0.529. The van der Waals surface area contributed by atoms with Gasteiger partial charge in [-0.25, -0.2) is 0 Å². The summed E-state index contributed by atoms with van der Waals surface area (Å²) in [6.45, 7) is 6.68. The molecule has 0 aliphatic carbocycles. The minimum Gasteiger partial charge on any atom is -0.376 e. The van der Waals surface area contributed by atoms with Gasteiger partial charge >= 0.3 is 0 Å². The van der Waals surface area contributed by atoms with E-state index < -0.39 is 0 Å². The third kappa shape index (κ3) is 4.31. The van der Waals surface area contributed by atoms with Crippen LogP contribution in [0.4, 0.5) is 5.69 Å². The summed E-state index contributed by atoms with van der Waals surface area (Å²) >= 11 is 0. The molecule has 1 N–H and O–H groups in total. The van der Waals surface area contributed by atoms with Crippen molar-refractivity contribution in [3.05, 3.63) is 29.3 Å². The Balaban J connectivity index is 1.97. The van der Waals surface area contributed by atoms with Crippen LogP contribution in [0.2, 0.25) is 0 Å². The van der Waals surface area contributed by atoms with Crippen LogP contribution in [0.25, 0.3) is 0 Å². The van der Waals surface area contributed by atoms with Crippen molar-refractivity contribution in [2.75, 3.05) is 25.0 Å². The SMILES string of the molecule is CC(=O)N(CC(=O)Nc1c(C)cccc1C)CC1CCCO1. The standard InChI is InChI=1S/C17H24N2O3/c1-12-6-4-7-13(2)17(12)18-16(21)11-19(14(3)20)10-15-8-5-9-22-15/h4,6-7,15H,5,8-11H2,1-3H3,(H,18,21). The van der Waals surface area contributed by atoms with Gasteiger partial charge in [0.25, 0.3) is 0 Å². The summed E-state index contributed by atoms with van der Waals surface area (Å²) in [4.78, 5) is 25.6. The van der Waals surface area contributed by atoms with Crippen LogP contribution < -0.4 is 5.32 Å². The lowest BCUT2D eigenvalue weighted by atomic mass is 10.1. The summed E-state index contributed by atoms with van der Waals surface area (Å²) in [5, 5.41) is 2.92. The molecule has 2 rings (SSSR count). The molecule has 0 bridgehead atoms. The molecule has 1 fully saturated rings. The molecule has 1 aromatic rings. The summed E-state index contributed by atoms with van der Waals surface area (Å²) in [6.07, 6.45) is 2.02. The number of hydrogen-bond donors (Lipinski definition) is 1. The van der Waals surface area contributed by atoms with Gasteiger partial charge in [-0.05, 0) is 37.8 Å². The number of nitrogens with zero attached hydrogens (tertiary/aromatic N) is 1. The van der Waals surface area contributed by atoms with E-state index in [0.29, 0.717) is 6.54 Å². The van der Waals surface area contributed by atoms with Gasteiger partial charge in [-0.3, -0.25) is 9.59 Å². The maximum Gasteiger partial charge on any atom is 0.244 e. The van der Waals surface area contributed by atoms with Crippen LogP contribution in [-0.2, 0) is 14.3 Å². The molecule has 1 unspecified atom stereocenters. The number of carbonyl (C=O) groups is 2. The van der Waals surface area contributed by atoms with Crippen LogP contribution in [0.5, 0.6) is 0 Å². The minimum absolute atomic E-state index is 0.0527. The summed E-state index contributed by atoms with van der Waals surface area (Å²) < 4.78 is 5.55. The number of rotatable bonds is 5. The van der Waals surface area contributed by atoms with E-state index in [-0.39, 0.29) is 24.5 Å².